The predicted molar refractivity (Wildman–Crippen MR) is 61.1 cm³/mol. The van der Waals surface area contributed by atoms with Crippen molar-refractivity contribution in [2.75, 3.05) is 13.8 Å². The van der Waals surface area contributed by atoms with Crippen LogP contribution < -0.4 is 5.32 Å². The molecule has 16 heavy (non-hydrogen) atoms. The van der Waals surface area contributed by atoms with Crippen LogP contribution in [0.3, 0.4) is 0 Å². The first-order chi connectivity index (χ1) is 7.81. The monoisotopic (exact) mass is 216 g/mol. The molecule has 0 unspecified atom stereocenters. The Labute approximate surface area is 93.3 Å². The summed E-state index contributed by atoms with van der Waals surface area (Å²) in [6.45, 7) is 0.188. The fraction of sp³-hybridized carbons (Fsp3) is 0.167. The van der Waals surface area contributed by atoms with Crippen molar-refractivity contribution in [2.45, 2.75) is 0 Å². The highest BCUT2D eigenvalue weighted by atomic mass is 16.5. The summed E-state index contributed by atoms with van der Waals surface area (Å²) < 4.78 is 4.76. The maximum Gasteiger partial charge on any atom is 0.271 e. The van der Waals surface area contributed by atoms with Crippen molar-refractivity contribution in [3.05, 3.63) is 42.1 Å². The van der Waals surface area contributed by atoms with E-state index in [9.17, 15) is 4.79 Å². The van der Waals surface area contributed by atoms with Crippen LogP contribution in [0, 0.1) is 0 Å². The molecule has 0 aliphatic rings. The quantitative estimate of drug-likeness (QED) is 0.792. The fourth-order valence-corrected chi connectivity index (χ4v) is 1.42. The molecule has 82 valence electrons. The van der Waals surface area contributed by atoms with E-state index >= 15 is 0 Å². The normalized spacial score (nSPS) is 10.3. The SMILES string of the molecule is COCNC(=O)c1ccc2ccccc2n1. The van der Waals surface area contributed by atoms with Gasteiger partial charge in [-0.15, -0.1) is 0 Å². The molecule has 0 bridgehead atoms. The van der Waals surface area contributed by atoms with Crippen LogP contribution in [0.25, 0.3) is 10.9 Å². The summed E-state index contributed by atoms with van der Waals surface area (Å²) in [6, 6.07) is 11.2. The zero-order valence-corrected chi connectivity index (χ0v) is 8.93. The van der Waals surface area contributed by atoms with Crippen molar-refractivity contribution in [3.8, 4) is 0 Å². The summed E-state index contributed by atoms with van der Waals surface area (Å²) in [6.07, 6.45) is 0. The number of carbonyl (C=O) groups excluding carboxylic acids is 1. The number of carbonyl (C=O) groups is 1. The van der Waals surface area contributed by atoms with Crippen molar-refractivity contribution in [2.24, 2.45) is 0 Å². The van der Waals surface area contributed by atoms with Crippen LogP contribution in [0.2, 0.25) is 0 Å². The highest BCUT2D eigenvalue weighted by molar-refractivity contribution is 5.94. The smallest absolute Gasteiger partial charge is 0.271 e. The van der Waals surface area contributed by atoms with Gasteiger partial charge in [-0.2, -0.15) is 0 Å². The highest BCUT2D eigenvalue weighted by Crippen LogP contribution is 2.11. The maximum atomic E-state index is 11.6. The maximum absolute atomic E-state index is 11.6. The molecule has 2 aromatic rings. The number of hydrogen-bond donors (Lipinski definition) is 1. The molecule has 0 spiro atoms. The topological polar surface area (TPSA) is 51.2 Å². The molecule has 2 rings (SSSR count). The molecule has 1 N–H and O–H groups in total. The number of ether oxygens (including phenoxy) is 1. The number of hydrogen-bond acceptors (Lipinski definition) is 3. The van der Waals surface area contributed by atoms with E-state index in [0.29, 0.717) is 5.69 Å². The van der Waals surface area contributed by atoms with E-state index in [4.69, 9.17) is 4.74 Å². The van der Waals surface area contributed by atoms with Gasteiger partial charge in [0.1, 0.15) is 12.4 Å². The molecule has 0 aliphatic carbocycles. The number of methoxy groups -OCH3 is 1. The number of fused-ring (bicyclic) bond motifs is 1. The molecule has 1 heterocycles. The van der Waals surface area contributed by atoms with Gasteiger partial charge in [-0.25, -0.2) is 4.98 Å². The fourth-order valence-electron chi connectivity index (χ4n) is 1.42. The third-order valence-corrected chi connectivity index (χ3v) is 2.21. The summed E-state index contributed by atoms with van der Waals surface area (Å²) >= 11 is 0. The van der Waals surface area contributed by atoms with Gasteiger partial charge in [-0.05, 0) is 12.1 Å². The van der Waals surface area contributed by atoms with Crippen molar-refractivity contribution in [1.29, 1.82) is 0 Å². The van der Waals surface area contributed by atoms with Gasteiger partial charge in [0, 0.05) is 12.5 Å². The standard InChI is InChI=1S/C12H12N2O2/c1-16-8-13-12(15)11-7-6-9-4-2-3-5-10(9)14-11/h2-7H,8H2,1H3,(H,13,15). The van der Waals surface area contributed by atoms with Crippen LogP contribution in [0.15, 0.2) is 36.4 Å². The number of amides is 1. The van der Waals surface area contributed by atoms with E-state index in [1.165, 1.54) is 7.11 Å². The van der Waals surface area contributed by atoms with E-state index < -0.39 is 0 Å². The van der Waals surface area contributed by atoms with Crippen molar-refractivity contribution >= 4 is 16.8 Å². The molecule has 0 radical (unpaired) electrons. The van der Waals surface area contributed by atoms with E-state index in [1.54, 1.807) is 6.07 Å². The zero-order valence-electron chi connectivity index (χ0n) is 8.93. The Hall–Kier alpha value is -1.94. The zero-order chi connectivity index (χ0) is 11.4. The van der Waals surface area contributed by atoms with Crippen LogP contribution in [0.4, 0.5) is 0 Å². The van der Waals surface area contributed by atoms with Gasteiger partial charge in [0.25, 0.3) is 5.91 Å². The van der Waals surface area contributed by atoms with Gasteiger partial charge in [0.15, 0.2) is 0 Å². The second kappa shape index (κ2) is 4.72. The number of nitrogens with one attached hydrogen (secondary N) is 1. The molecule has 0 fully saturated rings. The van der Waals surface area contributed by atoms with Gasteiger partial charge in [0.2, 0.25) is 0 Å². The van der Waals surface area contributed by atoms with Gasteiger partial charge >= 0.3 is 0 Å². The minimum Gasteiger partial charge on any atom is -0.364 e. The van der Waals surface area contributed by atoms with Crippen LogP contribution in [0.1, 0.15) is 10.5 Å². The molecule has 0 atom stereocenters. The molecule has 0 aliphatic heterocycles. The molecule has 1 aromatic carbocycles. The number of pyridine rings is 1. The van der Waals surface area contributed by atoms with Crippen LogP contribution in [0.5, 0.6) is 0 Å². The van der Waals surface area contributed by atoms with Crippen molar-refractivity contribution in [1.82, 2.24) is 10.3 Å². The van der Waals surface area contributed by atoms with Gasteiger partial charge in [-0.3, -0.25) is 4.79 Å². The van der Waals surface area contributed by atoms with Crippen molar-refractivity contribution < 1.29 is 9.53 Å². The molecule has 4 nitrogen and oxygen atoms in total. The number of para-hydroxylation sites is 1. The summed E-state index contributed by atoms with van der Waals surface area (Å²) in [5, 5.41) is 3.61. The van der Waals surface area contributed by atoms with E-state index in [-0.39, 0.29) is 12.6 Å². The summed E-state index contributed by atoms with van der Waals surface area (Å²) in [7, 11) is 1.52. The lowest BCUT2D eigenvalue weighted by molar-refractivity contribution is 0.0867. The molecule has 0 saturated carbocycles. The first-order valence-corrected chi connectivity index (χ1v) is 4.94. The Bertz CT molecular complexity index is 511. The van der Waals surface area contributed by atoms with Crippen molar-refractivity contribution in [3.63, 3.8) is 0 Å². The lowest BCUT2D eigenvalue weighted by Crippen LogP contribution is -2.26. The Morgan fingerprint density at radius 1 is 1.31 bits per heavy atom. The summed E-state index contributed by atoms with van der Waals surface area (Å²) in [5.74, 6) is -0.229. The van der Waals surface area contributed by atoms with Gasteiger partial charge < -0.3 is 10.1 Å². The Morgan fingerprint density at radius 3 is 2.94 bits per heavy atom. The predicted octanol–water partition coefficient (Wildman–Crippen LogP) is 1.57. The summed E-state index contributed by atoms with van der Waals surface area (Å²) in [4.78, 5) is 15.9. The minimum absolute atomic E-state index is 0.188. The molecule has 4 heteroatoms. The number of benzene rings is 1. The molecular weight excluding hydrogens is 204 g/mol. The van der Waals surface area contributed by atoms with E-state index in [2.05, 4.69) is 10.3 Å². The first-order valence-electron chi connectivity index (χ1n) is 4.94. The molecule has 0 saturated heterocycles. The number of aromatic nitrogens is 1. The van der Waals surface area contributed by atoms with Crippen LogP contribution >= 0.6 is 0 Å². The second-order valence-electron chi connectivity index (χ2n) is 3.33. The second-order valence-corrected chi connectivity index (χ2v) is 3.33. The van der Waals surface area contributed by atoms with Crippen LogP contribution in [-0.4, -0.2) is 24.7 Å². The third kappa shape index (κ3) is 2.17. The lowest BCUT2D eigenvalue weighted by Gasteiger charge is -2.04. The highest BCUT2D eigenvalue weighted by Gasteiger charge is 2.06. The number of rotatable bonds is 3. The van der Waals surface area contributed by atoms with E-state index in [0.717, 1.165) is 10.9 Å². The van der Waals surface area contributed by atoms with Gasteiger partial charge in [-0.1, -0.05) is 24.3 Å². The first kappa shape index (κ1) is 10.6. The largest absolute Gasteiger partial charge is 0.364 e. The molecular formula is C12H12N2O2. The average Bonchev–Trinajstić information content (AvgIpc) is 2.35. The third-order valence-electron chi connectivity index (χ3n) is 2.21. The Morgan fingerprint density at radius 2 is 2.12 bits per heavy atom. The van der Waals surface area contributed by atoms with Crippen LogP contribution in [-0.2, 0) is 4.74 Å². The van der Waals surface area contributed by atoms with E-state index in [1.807, 2.05) is 30.3 Å². The lowest BCUT2D eigenvalue weighted by atomic mass is 10.2. The minimum atomic E-state index is -0.229. The summed E-state index contributed by atoms with van der Waals surface area (Å²) in [5.41, 5.74) is 1.21. The molecule has 1 amide bonds. The molecule has 1 aromatic heterocycles. The Balaban J connectivity index is 2.28. The Kier molecular flexibility index (Phi) is 3.12. The average molecular weight is 216 g/mol. The number of nitrogens with zero attached hydrogens (tertiary/aromatic N) is 1. The van der Waals surface area contributed by atoms with Gasteiger partial charge in [0.05, 0.1) is 5.52 Å².